The summed E-state index contributed by atoms with van der Waals surface area (Å²) in [6.07, 6.45) is 5.43. The first-order valence-corrected chi connectivity index (χ1v) is 9.76. The van der Waals surface area contributed by atoms with Gasteiger partial charge >= 0.3 is 6.61 Å². The van der Waals surface area contributed by atoms with Crippen LogP contribution in [0.4, 0.5) is 14.5 Å². The van der Waals surface area contributed by atoms with E-state index in [1.165, 1.54) is 37.5 Å². The van der Waals surface area contributed by atoms with Crippen molar-refractivity contribution < 1.29 is 23.2 Å². The maximum atomic E-state index is 12.7. The number of nitrogens with one attached hydrogen (secondary N) is 1. The number of benzene rings is 1. The molecule has 0 aliphatic carbocycles. The second-order valence-electron chi connectivity index (χ2n) is 7.42. The van der Waals surface area contributed by atoms with E-state index in [2.05, 4.69) is 15.0 Å². The van der Waals surface area contributed by atoms with Crippen LogP contribution >= 0.6 is 0 Å². The van der Waals surface area contributed by atoms with Crippen LogP contribution in [0.2, 0.25) is 0 Å². The van der Waals surface area contributed by atoms with E-state index in [9.17, 15) is 18.9 Å². The quantitative estimate of drug-likeness (QED) is 0.534. The van der Waals surface area contributed by atoms with Crippen molar-refractivity contribution in [3.8, 4) is 5.75 Å². The fourth-order valence-electron chi connectivity index (χ4n) is 4.18. The summed E-state index contributed by atoms with van der Waals surface area (Å²) in [4.78, 5) is 13.0. The third-order valence-corrected chi connectivity index (χ3v) is 5.69. The van der Waals surface area contributed by atoms with Crippen LogP contribution in [0.3, 0.4) is 0 Å². The SMILES string of the molecule is O=[N+]([O-])c1ccc(OC(F)F)c(CNCC2(N3CCCCC3)CCOCC2)c1. The molecule has 156 valence electrons. The first-order valence-electron chi connectivity index (χ1n) is 9.76. The first kappa shape index (κ1) is 20.9. The molecule has 0 unspecified atom stereocenters. The zero-order valence-electron chi connectivity index (χ0n) is 15.9. The van der Waals surface area contributed by atoms with Gasteiger partial charge in [-0.1, -0.05) is 6.42 Å². The van der Waals surface area contributed by atoms with Gasteiger partial charge in [-0.3, -0.25) is 15.0 Å². The molecule has 2 fully saturated rings. The molecule has 1 N–H and O–H groups in total. The number of likely N-dealkylation sites (tertiary alicyclic amines) is 1. The van der Waals surface area contributed by atoms with Crippen LogP contribution in [0, 0.1) is 10.1 Å². The van der Waals surface area contributed by atoms with Crippen LogP contribution in [-0.2, 0) is 11.3 Å². The lowest BCUT2D eigenvalue weighted by atomic mass is 9.86. The molecule has 9 heteroatoms. The van der Waals surface area contributed by atoms with E-state index in [4.69, 9.17) is 4.74 Å². The summed E-state index contributed by atoms with van der Waals surface area (Å²) < 4.78 is 35.4. The Kier molecular flexibility index (Phi) is 7.14. The molecule has 1 aromatic rings. The number of hydrogen-bond donors (Lipinski definition) is 1. The van der Waals surface area contributed by atoms with E-state index >= 15 is 0 Å². The lowest BCUT2D eigenvalue weighted by Crippen LogP contribution is -2.59. The van der Waals surface area contributed by atoms with Gasteiger partial charge in [-0.15, -0.1) is 0 Å². The summed E-state index contributed by atoms with van der Waals surface area (Å²) in [5, 5.41) is 14.4. The van der Waals surface area contributed by atoms with Gasteiger partial charge in [0.2, 0.25) is 0 Å². The van der Waals surface area contributed by atoms with Gasteiger partial charge in [0.05, 0.1) is 4.92 Å². The van der Waals surface area contributed by atoms with E-state index in [1.807, 2.05) is 0 Å². The van der Waals surface area contributed by atoms with E-state index in [-0.39, 0.29) is 23.5 Å². The number of nitrogens with zero attached hydrogens (tertiary/aromatic N) is 2. The molecule has 0 atom stereocenters. The molecule has 0 aromatic heterocycles. The highest BCUT2D eigenvalue weighted by Crippen LogP contribution is 2.31. The molecule has 0 spiro atoms. The molecule has 7 nitrogen and oxygen atoms in total. The predicted octanol–water partition coefficient (Wildman–Crippen LogP) is 3.32. The van der Waals surface area contributed by atoms with Gasteiger partial charge in [0.25, 0.3) is 5.69 Å². The summed E-state index contributed by atoms with van der Waals surface area (Å²) in [7, 11) is 0. The molecule has 2 aliphatic rings. The lowest BCUT2D eigenvalue weighted by molar-refractivity contribution is -0.385. The maximum absolute atomic E-state index is 12.7. The van der Waals surface area contributed by atoms with Gasteiger partial charge in [0.1, 0.15) is 5.75 Å². The minimum Gasteiger partial charge on any atom is -0.434 e. The van der Waals surface area contributed by atoms with Crippen LogP contribution in [-0.4, -0.2) is 54.8 Å². The van der Waals surface area contributed by atoms with Crippen LogP contribution in [0.25, 0.3) is 0 Å². The standard InChI is InChI=1S/C19H27F2N3O4/c20-18(21)28-17-5-4-16(24(25)26)12-15(17)13-22-14-19(6-10-27-11-7-19)23-8-2-1-3-9-23/h4-5,12,18,22H,1-3,6-11,13-14H2. The second-order valence-corrected chi connectivity index (χ2v) is 7.42. The Balaban J connectivity index is 1.70. The molecule has 2 aliphatic heterocycles. The van der Waals surface area contributed by atoms with Gasteiger partial charge < -0.3 is 14.8 Å². The molecule has 0 saturated carbocycles. The summed E-state index contributed by atoms with van der Waals surface area (Å²) in [5.74, 6) is -0.0351. The summed E-state index contributed by atoms with van der Waals surface area (Å²) in [6.45, 7) is 1.43. The minimum atomic E-state index is -2.98. The molecule has 3 rings (SSSR count). The zero-order valence-corrected chi connectivity index (χ0v) is 15.9. The molecule has 0 bridgehead atoms. The third kappa shape index (κ3) is 5.15. The Bertz CT molecular complexity index is 663. The summed E-state index contributed by atoms with van der Waals surface area (Å²) in [5.41, 5.74) is 0.189. The van der Waals surface area contributed by atoms with Crippen molar-refractivity contribution in [3.05, 3.63) is 33.9 Å². The topological polar surface area (TPSA) is 76.9 Å². The highest BCUT2D eigenvalue weighted by Gasteiger charge is 2.38. The molecule has 0 radical (unpaired) electrons. The predicted molar refractivity (Wildman–Crippen MR) is 99.6 cm³/mol. The average Bonchev–Trinajstić information content (AvgIpc) is 2.70. The van der Waals surface area contributed by atoms with Gasteiger partial charge in [0, 0.05) is 49.5 Å². The Morgan fingerprint density at radius 3 is 2.61 bits per heavy atom. The highest BCUT2D eigenvalue weighted by atomic mass is 19.3. The summed E-state index contributed by atoms with van der Waals surface area (Å²) in [6, 6.07) is 3.70. The number of piperidine rings is 1. The fraction of sp³-hybridized carbons (Fsp3) is 0.684. The zero-order chi connectivity index (χ0) is 20.0. The van der Waals surface area contributed by atoms with Crippen LogP contribution < -0.4 is 10.1 Å². The molecular formula is C19H27F2N3O4. The van der Waals surface area contributed by atoms with Crippen LogP contribution in [0.1, 0.15) is 37.7 Å². The third-order valence-electron chi connectivity index (χ3n) is 5.69. The van der Waals surface area contributed by atoms with Gasteiger partial charge in [-0.2, -0.15) is 8.78 Å². The number of ether oxygens (including phenoxy) is 2. The van der Waals surface area contributed by atoms with Crippen molar-refractivity contribution in [2.75, 3.05) is 32.8 Å². The average molecular weight is 399 g/mol. The summed E-state index contributed by atoms with van der Waals surface area (Å²) >= 11 is 0. The first-order chi connectivity index (χ1) is 13.5. The van der Waals surface area contributed by atoms with Crippen molar-refractivity contribution in [2.45, 2.75) is 50.8 Å². The van der Waals surface area contributed by atoms with Crippen molar-refractivity contribution in [1.82, 2.24) is 10.2 Å². The Hall–Kier alpha value is -1.84. The number of hydrogen-bond acceptors (Lipinski definition) is 6. The largest absolute Gasteiger partial charge is 0.434 e. The van der Waals surface area contributed by atoms with Crippen molar-refractivity contribution >= 4 is 5.69 Å². The Morgan fingerprint density at radius 2 is 1.96 bits per heavy atom. The van der Waals surface area contributed by atoms with Crippen LogP contribution in [0.15, 0.2) is 18.2 Å². The van der Waals surface area contributed by atoms with Crippen molar-refractivity contribution in [3.63, 3.8) is 0 Å². The van der Waals surface area contributed by atoms with Crippen molar-refractivity contribution in [2.24, 2.45) is 0 Å². The number of halogens is 2. The van der Waals surface area contributed by atoms with E-state index in [1.54, 1.807) is 0 Å². The maximum Gasteiger partial charge on any atom is 0.387 e. The van der Waals surface area contributed by atoms with Gasteiger partial charge in [-0.05, 0) is 44.8 Å². The van der Waals surface area contributed by atoms with Gasteiger partial charge in [-0.25, -0.2) is 0 Å². The monoisotopic (exact) mass is 399 g/mol. The smallest absolute Gasteiger partial charge is 0.387 e. The molecule has 28 heavy (non-hydrogen) atoms. The van der Waals surface area contributed by atoms with Gasteiger partial charge in [0.15, 0.2) is 0 Å². The molecule has 0 amide bonds. The Morgan fingerprint density at radius 1 is 1.25 bits per heavy atom. The Labute approximate surface area is 163 Å². The fourth-order valence-corrected chi connectivity index (χ4v) is 4.18. The normalized spacial score (nSPS) is 20.2. The number of nitro benzene ring substituents is 1. The molecule has 1 aromatic carbocycles. The number of non-ortho nitro benzene ring substituents is 1. The lowest BCUT2D eigenvalue weighted by Gasteiger charge is -2.48. The van der Waals surface area contributed by atoms with Crippen molar-refractivity contribution in [1.29, 1.82) is 0 Å². The second kappa shape index (κ2) is 9.58. The van der Waals surface area contributed by atoms with Crippen LogP contribution in [0.5, 0.6) is 5.75 Å². The van der Waals surface area contributed by atoms with E-state index in [0.717, 1.165) is 25.9 Å². The molecule has 2 heterocycles. The van der Waals surface area contributed by atoms with E-state index in [0.29, 0.717) is 25.3 Å². The highest BCUT2D eigenvalue weighted by molar-refractivity contribution is 5.43. The number of rotatable bonds is 8. The molecular weight excluding hydrogens is 372 g/mol. The number of nitro groups is 1. The number of alkyl halides is 2. The molecule has 2 saturated heterocycles. The minimum absolute atomic E-state index is 0.0247. The van der Waals surface area contributed by atoms with E-state index < -0.39 is 11.5 Å².